The van der Waals surface area contributed by atoms with Crippen molar-refractivity contribution in [3.8, 4) is 0 Å². The Morgan fingerprint density at radius 2 is 1.96 bits per heavy atom. The largest absolute Gasteiger partial charge is 0.469 e. The summed E-state index contributed by atoms with van der Waals surface area (Å²) in [6.45, 7) is 8.00. The maximum absolute atomic E-state index is 13.5. The minimum absolute atomic E-state index is 0.255. The number of esters is 1. The van der Waals surface area contributed by atoms with Crippen LogP contribution < -0.4 is 0 Å². The number of piperidine rings is 1. The van der Waals surface area contributed by atoms with Gasteiger partial charge in [0.1, 0.15) is 11.4 Å². The van der Waals surface area contributed by atoms with Gasteiger partial charge in [0.2, 0.25) is 0 Å². The molecule has 1 fully saturated rings. The van der Waals surface area contributed by atoms with Crippen LogP contribution >= 0.6 is 0 Å². The van der Waals surface area contributed by atoms with E-state index in [2.05, 4.69) is 0 Å². The molecule has 25 heavy (non-hydrogen) atoms. The molecule has 0 aliphatic carbocycles. The minimum atomic E-state index is -0.586. The molecule has 0 N–H and O–H groups in total. The number of rotatable bonds is 2. The van der Waals surface area contributed by atoms with Crippen LogP contribution in [0.1, 0.15) is 44.2 Å². The quantitative estimate of drug-likeness (QED) is 0.763. The predicted octanol–water partition coefficient (Wildman–Crippen LogP) is 3.65. The summed E-state index contributed by atoms with van der Waals surface area (Å²) in [5.41, 5.74) is 1.02. The van der Waals surface area contributed by atoms with Crippen molar-refractivity contribution >= 4 is 12.1 Å². The van der Waals surface area contributed by atoms with Crippen LogP contribution in [0.4, 0.5) is 9.18 Å². The van der Waals surface area contributed by atoms with Crippen LogP contribution in [-0.2, 0) is 14.3 Å². The molecule has 0 spiro atoms. The van der Waals surface area contributed by atoms with Crippen LogP contribution in [0.25, 0.3) is 0 Å². The van der Waals surface area contributed by atoms with E-state index in [1.807, 2.05) is 20.8 Å². The van der Waals surface area contributed by atoms with Crippen molar-refractivity contribution in [1.29, 1.82) is 0 Å². The minimum Gasteiger partial charge on any atom is -0.469 e. The Bertz CT molecular complexity index is 653. The number of hydrogen-bond acceptors (Lipinski definition) is 4. The topological polar surface area (TPSA) is 55.8 Å². The van der Waals surface area contributed by atoms with Gasteiger partial charge < -0.3 is 14.4 Å². The number of aryl methyl sites for hydroxylation is 1. The Morgan fingerprint density at radius 3 is 2.52 bits per heavy atom. The molecule has 0 radical (unpaired) electrons. The molecule has 6 heteroatoms. The lowest BCUT2D eigenvalue weighted by Gasteiger charge is -2.38. The fourth-order valence-electron chi connectivity index (χ4n) is 3.25. The van der Waals surface area contributed by atoms with E-state index in [4.69, 9.17) is 9.47 Å². The van der Waals surface area contributed by atoms with Crippen molar-refractivity contribution in [2.24, 2.45) is 5.92 Å². The number of likely N-dealkylation sites (tertiary alicyclic amines) is 1. The second kappa shape index (κ2) is 7.42. The first-order valence-electron chi connectivity index (χ1n) is 8.44. The fraction of sp³-hybridized carbons (Fsp3) is 0.579. The molecule has 0 saturated carbocycles. The number of halogens is 1. The molecule has 1 aliphatic heterocycles. The molecule has 1 heterocycles. The van der Waals surface area contributed by atoms with E-state index in [9.17, 15) is 14.0 Å². The monoisotopic (exact) mass is 351 g/mol. The molecule has 2 rings (SSSR count). The Hall–Kier alpha value is -2.11. The van der Waals surface area contributed by atoms with Gasteiger partial charge in [-0.15, -0.1) is 0 Å². The Balaban J connectivity index is 2.29. The van der Waals surface area contributed by atoms with E-state index >= 15 is 0 Å². The SMILES string of the molecule is COC(=O)C1CCN(C(=O)OC(C)(C)C)CC1c1ccc(F)cc1C. The van der Waals surface area contributed by atoms with Crippen molar-refractivity contribution in [3.05, 3.63) is 35.1 Å². The summed E-state index contributed by atoms with van der Waals surface area (Å²) in [4.78, 5) is 26.2. The molecule has 1 amide bonds. The maximum atomic E-state index is 13.5. The normalized spacial score (nSPS) is 21.0. The van der Waals surface area contributed by atoms with Gasteiger partial charge in [-0.3, -0.25) is 4.79 Å². The summed E-state index contributed by atoms with van der Waals surface area (Å²) in [6, 6.07) is 4.50. The number of carbonyl (C=O) groups is 2. The molecule has 2 unspecified atom stereocenters. The molecule has 0 bridgehead atoms. The summed E-state index contributed by atoms with van der Waals surface area (Å²) < 4.78 is 23.8. The van der Waals surface area contributed by atoms with Gasteiger partial charge in [-0.25, -0.2) is 9.18 Å². The molecule has 1 aromatic carbocycles. The third-order valence-corrected chi connectivity index (χ3v) is 4.40. The first kappa shape index (κ1) is 19.2. The summed E-state index contributed by atoms with van der Waals surface area (Å²) in [7, 11) is 1.36. The molecule has 1 aliphatic rings. The van der Waals surface area contributed by atoms with Crippen LogP contribution in [0.3, 0.4) is 0 Å². The highest BCUT2D eigenvalue weighted by Gasteiger charge is 2.39. The Labute approximate surface area is 148 Å². The lowest BCUT2D eigenvalue weighted by Crippen LogP contribution is -2.47. The molecule has 1 aromatic rings. The zero-order valence-corrected chi connectivity index (χ0v) is 15.5. The van der Waals surface area contributed by atoms with Gasteiger partial charge in [0.05, 0.1) is 13.0 Å². The molecular weight excluding hydrogens is 325 g/mol. The summed E-state index contributed by atoms with van der Waals surface area (Å²) >= 11 is 0. The van der Waals surface area contributed by atoms with Gasteiger partial charge in [-0.05, 0) is 57.4 Å². The number of hydrogen-bond donors (Lipinski definition) is 0. The number of ether oxygens (including phenoxy) is 2. The molecule has 138 valence electrons. The zero-order chi connectivity index (χ0) is 18.8. The van der Waals surface area contributed by atoms with Crippen LogP contribution in [0.2, 0.25) is 0 Å². The Morgan fingerprint density at radius 1 is 1.28 bits per heavy atom. The predicted molar refractivity (Wildman–Crippen MR) is 91.8 cm³/mol. The molecule has 0 aromatic heterocycles. The highest BCUT2D eigenvalue weighted by atomic mass is 19.1. The van der Waals surface area contributed by atoms with Crippen LogP contribution in [0.15, 0.2) is 18.2 Å². The van der Waals surface area contributed by atoms with Gasteiger partial charge in [0, 0.05) is 19.0 Å². The van der Waals surface area contributed by atoms with Gasteiger partial charge >= 0.3 is 12.1 Å². The van der Waals surface area contributed by atoms with Crippen molar-refractivity contribution in [2.75, 3.05) is 20.2 Å². The zero-order valence-electron chi connectivity index (χ0n) is 15.5. The summed E-state index contributed by atoms with van der Waals surface area (Å²) in [5, 5.41) is 0. The standard InChI is InChI=1S/C19H26FNO4/c1-12-10-13(20)6-7-14(12)16-11-21(18(23)25-19(2,3)4)9-8-15(16)17(22)24-5/h6-7,10,15-16H,8-9,11H2,1-5H3. The van der Waals surface area contributed by atoms with Crippen LogP contribution in [0, 0.1) is 18.7 Å². The van der Waals surface area contributed by atoms with Crippen molar-refractivity contribution < 1.29 is 23.5 Å². The molecular formula is C19H26FNO4. The van der Waals surface area contributed by atoms with Gasteiger partial charge in [0.25, 0.3) is 0 Å². The molecule has 2 atom stereocenters. The maximum Gasteiger partial charge on any atom is 0.410 e. The van der Waals surface area contributed by atoms with Gasteiger partial charge in [-0.2, -0.15) is 0 Å². The number of methoxy groups -OCH3 is 1. The fourth-order valence-corrected chi connectivity index (χ4v) is 3.25. The first-order valence-corrected chi connectivity index (χ1v) is 8.44. The van der Waals surface area contributed by atoms with E-state index in [-0.39, 0.29) is 23.6 Å². The van der Waals surface area contributed by atoms with Gasteiger partial charge in [0.15, 0.2) is 0 Å². The van der Waals surface area contributed by atoms with E-state index < -0.39 is 11.7 Å². The highest BCUT2D eigenvalue weighted by Crippen LogP contribution is 2.35. The molecule has 5 nitrogen and oxygen atoms in total. The second-order valence-corrected chi connectivity index (χ2v) is 7.45. The van der Waals surface area contributed by atoms with Crippen LogP contribution in [0.5, 0.6) is 0 Å². The second-order valence-electron chi connectivity index (χ2n) is 7.45. The lowest BCUT2D eigenvalue weighted by atomic mass is 9.79. The van der Waals surface area contributed by atoms with E-state index in [0.29, 0.717) is 19.5 Å². The third-order valence-electron chi connectivity index (χ3n) is 4.40. The lowest BCUT2D eigenvalue weighted by molar-refractivity contribution is -0.147. The number of amides is 1. The first-order chi connectivity index (χ1) is 11.6. The third kappa shape index (κ3) is 4.71. The van der Waals surface area contributed by atoms with E-state index in [1.165, 1.54) is 19.2 Å². The van der Waals surface area contributed by atoms with Crippen molar-refractivity contribution in [1.82, 2.24) is 4.90 Å². The number of benzene rings is 1. The Kier molecular flexibility index (Phi) is 5.70. The highest BCUT2D eigenvalue weighted by molar-refractivity contribution is 5.75. The average molecular weight is 351 g/mol. The van der Waals surface area contributed by atoms with Gasteiger partial charge in [-0.1, -0.05) is 6.07 Å². The number of nitrogens with zero attached hydrogens (tertiary/aromatic N) is 1. The van der Waals surface area contributed by atoms with Crippen molar-refractivity contribution in [3.63, 3.8) is 0 Å². The van der Waals surface area contributed by atoms with Crippen LogP contribution in [-0.4, -0.2) is 42.8 Å². The van der Waals surface area contributed by atoms with Crippen molar-refractivity contribution in [2.45, 2.75) is 45.6 Å². The van der Waals surface area contributed by atoms with E-state index in [1.54, 1.807) is 17.9 Å². The summed E-state index contributed by atoms with van der Waals surface area (Å²) in [6.07, 6.45) is 0.0773. The van der Waals surface area contributed by atoms with E-state index in [0.717, 1.165) is 11.1 Å². The summed E-state index contributed by atoms with van der Waals surface area (Å²) in [5.74, 6) is -1.25. The smallest absolute Gasteiger partial charge is 0.410 e. The molecule has 1 saturated heterocycles. The number of carbonyl (C=O) groups excluding carboxylic acids is 2. The average Bonchev–Trinajstić information content (AvgIpc) is 2.52.